The lowest BCUT2D eigenvalue weighted by Crippen LogP contribution is -2.29. The molecule has 0 unspecified atom stereocenters. The summed E-state index contributed by atoms with van der Waals surface area (Å²) in [5.41, 5.74) is 4.02. The minimum Gasteiger partial charge on any atom is -0.268 e. The highest BCUT2D eigenvalue weighted by Gasteiger charge is 2.36. The molecule has 0 spiro atoms. The molecule has 152 valence electrons. The summed E-state index contributed by atoms with van der Waals surface area (Å²) < 4.78 is 0. The number of halogens is 1. The van der Waals surface area contributed by atoms with E-state index in [9.17, 15) is 14.4 Å². The number of hydrogen-bond donors (Lipinski definition) is 1. The summed E-state index contributed by atoms with van der Waals surface area (Å²) in [4.78, 5) is 38.6. The molecule has 6 nitrogen and oxygen atoms in total. The maximum absolute atomic E-state index is 12.8. The molecule has 1 aliphatic heterocycles. The number of anilines is 1. The molecule has 1 aromatic heterocycles. The number of aromatic nitrogens is 2. The molecule has 0 bridgehead atoms. The molecule has 0 saturated heterocycles. The second-order valence-corrected chi connectivity index (χ2v) is 8.10. The van der Waals surface area contributed by atoms with Crippen LogP contribution in [0.4, 0.5) is 5.69 Å². The van der Waals surface area contributed by atoms with E-state index in [0.29, 0.717) is 39.5 Å². The van der Waals surface area contributed by atoms with Gasteiger partial charge >= 0.3 is 0 Å². The van der Waals surface area contributed by atoms with Crippen LogP contribution in [0.2, 0.25) is 5.02 Å². The van der Waals surface area contributed by atoms with Gasteiger partial charge in [-0.05, 0) is 54.3 Å². The summed E-state index contributed by atoms with van der Waals surface area (Å²) in [6, 6.07) is 11.9. The Kier molecular flexibility index (Phi) is 5.03. The van der Waals surface area contributed by atoms with Gasteiger partial charge in [-0.2, -0.15) is 5.10 Å². The maximum atomic E-state index is 12.8. The normalized spacial score (nSPS) is 13.3. The lowest BCUT2D eigenvalue weighted by Gasteiger charge is -2.18. The van der Waals surface area contributed by atoms with E-state index in [2.05, 4.69) is 10.2 Å². The fraction of sp³-hybridized carbons (Fsp3) is 0.217. The zero-order valence-corrected chi connectivity index (χ0v) is 17.6. The van der Waals surface area contributed by atoms with Crippen molar-refractivity contribution < 1.29 is 9.59 Å². The van der Waals surface area contributed by atoms with Gasteiger partial charge in [-0.3, -0.25) is 14.4 Å². The van der Waals surface area contributed by atoms with Crippen LogP contribution < -0.4 is 10.5 Å². The third-order valence-electron chi connectivity index (χ3n) is 5.32. The smallest absolute Gasteiger partial charge is 0.267 e. The Bertz CT molecular complexity index is 1190. The van der Waals surface area contributed by atoms with Crippen molar-refractivity contribution >= 4 is 29.1 Å². The fourth-order valence-electron chi connectivity index (χ4n) is 3.70. The number of carbonyl (C=O) groups excluding carboxylic acids is 2. The Morgan fingerprint density at radius 2 is 1.67 bits per heavy atom. The molecule has 30 heavy (non-hydrogen) atoms. The number of rotatable bonds is 4. The fourth-order valence-corrected chi connectivity index (χ4v) is 4.03. The van der Waals surface area contributed by atoms with Crippen LogP contribution in [0.3, 0.4) is 0 Å². The van der Waals surface area contributed by atoms with Crippen LogP contribution in [-0.2, 0) is 6.42 Å². The third-order valence-corrected chi connectivity index (χ3v) is 5.66. The average molecular weight is 422 g/mol. The van der Waals surface area contributed by atoms with Gasteiger partial charge in [0.2, 0.25) is 0 Å². The van der Waals surface area contributed by atoms with Gasteiger partial charge in [0.15, 0.2) is 0 Å². The molecule has 7 heteroatoms. The predicted molar refractivity (Wildman–Crippen MR) is 116 cm³/mol. The van der Waals surface area contributed by atoms with Crippen LogP contribution in [0.15, 0.2) is 47.3 Å². The van der Waals surface area contributed by atoms with Gasteiger partial charge in [0.05, 0.1) is 22.5 Å². The highest BCUT2D eigenvalue weighted by atomic mass is 35.5. The second-order valence-electron chi connectivity index (χ2n) is 7.69. The van der Waals surface area contributed by atoms with Gasteiger partial charge < -0.3 is 0 Å². The number of hydrogen-bond acceptors (Lipinski definition) is 4. The van der Waals surface area contributed by atoms with E-state index in [-0.39, 0.29) is 23.3 Å². The van der Waals surface area contributed by atoms with E-state index < -0.39 is 0 Å². The van der Waals surface area contributed by atoms with Gasteiger partial charge in [0, 0.05) is 17.0 Å². The number of carbonyl (C=O) groups is 2. The number of amides is 2. The third kappa shape index (κ3) is 3.33. The Morgan fingerprint density at radius 1 is 1.03 bits per heavy atom. The number of nitrogens with zero attached hydrogens (tertiary/aromatic N) is 2. The van der Waals surface area contributed by atoms with E-state index in [1.54, 1.807) is 42.5 Å². The largest absolute Gasteiger partial charge is 0.268 e. The number of fused-ring (bicyclic) bond motifs is 1. The molecule has 0 fully saturated rings. The Labute approximate surface area is 178 Å². The summed E-state index contributed by atoms with van der Waals surface area (Å²) in [5, 5.41) is 7.11. The summed E-state index contributed by atoms with van der Waals surface area (Å²) >= 11 is 6.55. The quantitative estimate of drug-likeness (QED) is 0.638. The Hall–Kier alpha value is -3.25. The van der Waals surface area contributed by atoms with Gasteiger partial charge in [0.25, 0.3) is 17.4 Å². The van der Waals surface area contributed by atoms with Crippen molar-refractivity contribution in [3.8, 4) is 0 Å². The van der Waals surface area contributed by atoms with Crippen LogP contribution in [-0.4, -0.2) is 22.0 Å². The first-order valence-electron chi connectivity index (χ1n) is 9.63. The lowest BCUT2D eigenvalue weighted by atomic mass is 9.99. The number of H-pyrrole nitrogens is 1. The van der Waals surface area contributed by atoms with E-state index in [1.165, 1.54) is 0 Å². The first kappa shape index (κ1) is 20.0. The van der Waals surface area contributed by atoms with E-state index in [4.69, 9.17) is 11.6 Å². The van der Waals surface area contributed by atoms with E-state index >= 15 is 0 Å². The molecule has 0 saturated carbocycles. The van der Waals surface area contributed by atoms with Crippen LogP contribution >= 0.6 is 11.6 Å². The number of nitrogens with one attached hydrogen (secondary N) is 1. The molecular formula is C23H20ClN3O3. The molecule has 1 aliphatic rings. The molecule has 0 aliphatic carbocycles. The number of aromatic amines is 1. The van der Waals surface area contributed by atoms with Crippen LogP contribution in [0.5, 0.6) is 0 Å². The lowest BCUT2D eigenvalue weighted by molar-refractivity contribution is 0.0926. The summed E-state index contributed by atoms with van der Waals surface area (Å²) in [5.74, 6) is -0.645. The van der Waals surface area contributed by atoms with Gasteiger partial charge in [0.1, 0.15) is 0 Å². The van der Waals surface area contributed by atoms with Crippen LogP contribution in [0.1, 0.15) is 62.9 Å². The monoisotopic (exact) mass is 421 g/mol. The van der Waals surface area contributed by atoms with E-state index in [1.807, 2.05) is 20.8 Å². The zero-order valence-electron chi connectivity index (χ0n) is 16.8. The second kappa shape index (κ2) is 7.54. The zero-order chi connectivity index (χ0) is 21.6. The molecular weight excluding hydrogens is 402 g/mol. The molecule has 0 radical (unpaired) electrons. The minimum absolute atomic E-state index is 0.0725. The van der Waals surface area contributed by atoms with E-state index in [0.717, 1.165) is 16.0 Å². The number of aryl methyl sites for hydroxylation is 1. The van der Waals surface area contributed by atoms with Gasteiger partial charge in [-0.25, -0.2) is 10.00 Å². The molecule has 2 heterocycles. The minimum atomic E-state index is -0.359. The van der Waals surface area contributed by atoms with Crippen molar-refractivity contribution in [1.82, 2.24) is 10.2 Å². The number of benzene rings is 2. The summed E-state index contributed by atoms with van der Waals surface area (Å²) in [6.45, 7) is 5.77. The highest BCUT2D eigenvalue weighted by Crippen LogP contribution is 2.33. The summed E-state index contributed by atoms with van der Waals surface area (Å²) in [6.07, 6.45) is 0.420. The molecule has 0 atom stereocenters. The van der Waals surface area contributed by atoms with Crippen molar-refractivity contribution in [2.24, 2.45) is 0 Å². The molecule has 2 amide bonds. The SMILES string of the molecule is Cc1cc(N2C(=O)c3ccccc3C2=O)cc(Cl)c1Cc1cc(C(C)C)c(=O)[nH]n1. The summed E-state index contributed by atoms with van der Waals surface area (Å²) in [7, 11) is 0. The first-order chi connectivity index (χ1) is 14.3. The van der Waals surface area contributed by atoms with Crippen molar-refractivity contribution in [3.63, 3.8) is 0 Å². The van der Waals surface area contributed by atoms with Crippen LogP contribution in [0.25, 0.3) is 0 Å². The number of imide groups is 1. The average Bonchev–Trinajstić information content (AvgIpc) is 2.96. The molecule has 3 aromatic rings. The van der Waals surface area contributed by atoms with Crippen molar-refractivity contribution in [2.75, 3.05) is 4.90 Å². The standard InChI is InChI=1S/C23H20ClN3O3/c1-12(2)18-9-14(25-26-21(18)28)10-19-13(3)8-15(11-20(19)24)27-22(29)16-6-4-5-7-17(16)23(27)30/h4-9,11-12H,10H2,1-3H3,(H,26,28). The predicted octanol–water partition coefficient (Wildman–Crippen LogP) is 4.25. The molecule has 4 rings (SSSR count). The van der Waals surface area contributed by atoms with Gasteiger partial charge in [-0.15, -0.1) is 0 Å². The highest BCUT2D eigenvalue weighted by molar-refractivity contribution is 6.35. The van der Waals surface area contributed by atoms with Crippen molar-refractivity contribution in [1.29, 1.82) is 0 Å². The Morgan fingerprint density at radius 3 is 2.23 bits per heavy atom. The topological polar surface area (TPSA) is 83.1 Å². The van der Waals surface area contributed by atoms with Gasteiger partial charge in [-0.1, -0.05) is 37.6 Å². The molecule has 2 aromatic carbocycles. The first-order valence-corrected chi connectivity index (χ1v) is 10.0. The molecule has 1 N–H and O–H groups in total. The maximum Gasteiger partial charge on any atom is 0.267 e. The van der Waals surface area contributed by atoms with Crippen molar-refractivity contribution in [3.05, 3.63) is 91.4 Å². The van der Waals surface area contributed by atoms with Crippen molar-refractivity contribution in [2.45, 2.75) is 33.1 Å². The van der Waals surface area contributed by atoms with Crippen LogP contribution in [0, 0.1) is 6.92 Å². The Balaban J connectivity index is 1.69.